The number of rotatable bonds is 4. The third-order valence-corrected chi connectivity index (χ3v) is 3.65. The van der Waals surface area contributed by atoms with Gasteiger partial charge in [-0.3, -0.25) is 0 Å². The number of benzene rings is 1. The van der Waals surface area contributed by atoms with Crippen molar-refractivity contribution in [2.75, 3.05) is 0 Å². The summed E-state index contributed by atoms with van der Waals surface area (Å²) >= 11 is 0. The van der Waals surface area contributed by atoms with Gasteiger partial charge in [-0.2, -0.15) is 8.42 Å². The molecule has 1 aromatic rings. The van der Waals surface area contributed by atoms with E-state index in [1.54, 1.807) is 20.8 Å². The summed E-state index contributed by atoms with van der Waals surface area (Å²) in [7, 11) is -7.39. The van der Waals surface area contributed by atoms with Crippen LogP contribution < -0.4 is 9.65 Å². The molecule has 0 heterocycles. The van der Waals surface area contributed by atoms with Crippen LogP contribution in [0.3, 0.4) is 0 Å². The van der Waals surface area contributed by atoms with Gasteiger partial charge in [0.05, 0.1) is 5.56 Å². The van der Waals surface area contributed by atoms with Crippen molar-refractivity contribution in [3.05, 3.63) is 22.3 Å². The molecule has 0 aromatic heterocycles. The van der Waals surface area contributed by atoms with Crippen molar-refractivity contribution in [3.63, 3.8) is 0 Å². The maximum Gasteiger partial charge on any atom is 0.489 e. The smallest absolute Gasteiger partial charge is 0.456 e. The van der Waals surface area contributed by atoms with Crippen LogP contribution in [0.2, 0.25) is 0 Å². The maximum absolute atomic E-state index is 13.0. The number of esters is 1. The molecular formula is C14H20BFO7S. The average Bonchev–Trinajstić information content (AvgIpc) is 2.30. The van der Waals surface area contributed by atoms with Gasteiger partial charge >= 0.3 is 23.6 Å². The molecule has 0 bridgehead atoms. The van der Waals surface area contributed by atoms with Crippen molar-refractivity contribution in [2.24, 2.45) is 0 Å². The van der Waals surface area contributed by atoms with Crippen LogP contribution in [-0.2, 0) is 15.2 Å². The molecular weight excluding hydrogens is 342 g/mol. The normalized spacial score (nSPS) is 12.0. The fourth-order valence-electron chi connectivity index (χ4n) is 2.46. The zero-order valence-corrected chi connectivity index (χ0v) is 15.1. The zero-order valence-electron chi connectivity index (χ0n) is 14.3. The summed E-state index contributed by atoms with van der Waals surface area (Å²) in [5.41, 5.74) is -0.917. The lowest BCUT2D eigenvalue weighted by atomic mass is 9.72. The van der Waals surface area contributed by atoms with E-state index in [-0.39, 0.29) is 27.7 Å². The molecule has 0 aliphatic heterocycles. The highest BCUT2D eigenvalue weighted by atomic mass is 32.3. The molecule has 0 saturated carbocycles. The summed E-state index contributed by atoms with van der Waals surface area (Å²) in [6, 6.07) is 0. The Kier molecular flexibility index (Phi) is 5.69. The van der Waals surface area contributed by atoms with Crippen LogP contribution in [0.1, 0.15) is 47.8 Å². The summed E-state index contributed by atoms with van der Waals surface area (Å²) in [4.78, 5) is 12.4. The fraction of sp³-hybridized carbons (Fsp3) is 0.500. The highest BCUT2D eigenvalue weighted by Gasteiger charge is 2.31. The molecule has 10 heteroatoms. The van der Waals surface area contributed by atoms with E-state index in [9.17, 15) is 27.1 Å². The third-order valence-electron chi connectivity index (χ3n) is 3.28. The zero-order chi connectivity index (χ0) is 19.0. The second-order valence-corrected chi connectivity index (χ2v) is 7.30. The lowest BCUT2D eigenvalue weighted by Gasteiger charge is -2.24. The molecule has 1 rings (SSSR count). The molecule has 2 N–H and O–H groups in total. The highest BCUT2D eigenvalue weighted by Crippen LogP contribution is 2.30. The van der Waals surface area contributed by atoms with Crippen LogP contribution in [0, 0.1) is 20.8 Å². The maximum atomic E-state index is 13.0. The predicted molar refractivity (Wildman–Crippen MR) is 86.3 cm³/mol. The van der Waals surface area contributed by atoms with Crippen molar-refractivity contribution in [2.45, 2.75) is 47.1 Å². The van der Waals surface area contributed by atoms with Gasteiger partial charge in [-0.1, -0.05) is 3.89 Å². The molecule has 0 fully saturated rings. The molecule has 0 aliphatic rings. The molecule has 24 heavy (non-hydrogen) atoms. The van der Waals surface area contributed by atoms with Gasteiger partial charge in [-0.25, -0.2) is 4.79 Å². The number of hydrogen-bond donors (Lipinski definition) is 2. The minimum Gasteiger partial charge on any atom is -0.456 e. The Morgan fingerprint density at radius 3 is 1.96 bits per heavy atom. The topological polar surface area (TPSA) is 110 Å². The van der Waals surface area contributed by atoms with Crippen molar-refractivity contribution in [3.8, 4) is 5.75 Å². The van der Waals surface area contributed by atoms with Gasteiger partial charge in [0.1, 0.15) is 5.60 Å². The van der Waals surface area contributed by atoms with Crippen LogP contribution in [0.15, 0.2) is 0 Å². The molecule has 0 spiro atoms. The number of hydrogen-bond acceptors (Lipinski definition) is 7. The monoisotopic (exact) mass is 362 g/mol. The molecule has 0 unspecified atom stereocenters. The van der Waals surface area contributed by atoms with Crippen molar-refractivity contribution in [1.82, 2.24) is 0 Å². The quantitative estimate of drug-likeness (QED) is 0.464. The number of ether oxygens (including phenoxy) is 1. The van der Waals surface area contributed by atoms with E-state index in [2.05, 4.69) is 4.18 Å². The van der Waals surface area contributed by atoms with Gasteiger partial charge < -0.3 is 19.0 Å². The third kappa shape index (κ3) is 4.68. The Labute approximate surface area is 141 Å². The molecule has 7 nitrogen and oxygen atoms in total. The van der Waals surface area contributed by atoms with E-state index in [0.717, 1.165) is 0 Å². The van der Waals surface area contributed by atoms with E-state index >= 15 is 0 Å². The minimum atomic E-state index is -5.37. The van der Waals surface area contributed by atoms with Crippen LogP contribution >= 0.6 is 0 Å². The van der Waals surface area contributed by atoms with E-state index in [1.807, 2.05) is 0 Å². The summed E-state index contributed by atoms with van der Waals surface area (Å²) in [6.45, 7) is 9.03. The van der Waals surface area contributed by atoms with Crippen LogP contribution in [-0.4, -0.2) is 37.2 Å². The predicted octanol–water partition coefficient (Wildman–Crippen LogP) is 0.840. The minimum absolute atomic E-state index is 0.00599. The van der Waals surface area contributed by atoms with Gasteiger partial charge in [-0.15, -0.1) is 0 Å². The van der Waals surface area contributed by atoms with Gasteiger partial charge in [-0.05, 0) is 58.1 Å². The summed E-state index contributed by atoms with van der Waals surface area (Å²) in [6.07, 6.45) is 0. The second kappa shape index (κ2) is 6.69. The largest absolute Gasteiger partial charge is 0.489 e. The standard InChI is InChI=1S/C14H20BFO7S/c1-7-10(13(17)22-14(4,5)6)8(2)12(23-24(16,20)21)9(3)11(7)15(18)19/h18-19H,1-6H3. The fourth-order valence-corrected chi connectivity index (χ4v) is 2.91. The Bertz CT molecular complexity index is 767. The first kappa shape index (κ1) is 20.4. The average molecular weight is 362 g/mol. The van der Waals surface area contributed by atoms with Gasteiger partial charge in [0.25, 0.3) is 0 Å². The molecule has 0 atom stereocenters. The first-order chi connectivity index (χ1) is 10.7. The molecule has 134 valence electrons. The van der Waals surface area contributed by atoms with E-state index in [0.29, 0.717) is 0 Å². The van der Waals surface area contributed by atoms with E-state index in [1.165, 1.54) is 20.8 Å². The second-order valence-electron chi connectivity index (χ2n) is 6.34. The van der Waals surface area contributed by atoms with Gasteiger partial charge in [0.2, 0.25) is 0 Å². The van der Waals surface area contributed by atoms with Gasteiger partial charge in [0, 0.05) is 5.56 Å². The Morgan fingerprint density at radius 1 is 1.08 bits per heavy atom. The number of carbonyl (C=O) groups is 1. The summed E-state index contributed by atoms with van der Waals surface area (Å²) < 4.78 is 44.2. The van der Waals surface area contributed by atoms with E-state index < -0.39 is 34.9 Å². The molecule has 0 amide bonds. The lowest BCUT2D eigenvalue weighted by molar-refractivity contribution is 0.00676. The summed E-state index contributed by atoms with van der Waals surface area (Å²) in [5.74, 6) is -1.30. The van der Waals surface area contributed by atoms with Crippen molar-refractivity contribution >= 4 is 29.1 Å². The van der Waals surface area contributed by atoms with Crippen LogP contribution in [0.25, 0.3) is 0 Å². The molecule has 0 saturated heterocycles. The molecule has 0 aliphatic carbocycles. The molecule has 0 radical (unpaired) electrons. The number of halogens is 1. The SMILES string of the molecule is Cc1c(OS(=O)(=O)F)c(C)c(C(=O)OC(C)(C)C)c(C)c1B(O)O. The summed E-state index contributed by atoms with van der Waals surface area (Å²) in [5, 5.41) is 19.1. The van der Waals surface area contributed by atoms with Gasteiger partial charge in [0.15, 0.2) is 5.75 Å². The van der Waals surface area contributed by atoms with E-state index in [4.69, 9.17) is 4.74 Å². The van der Waals surface area contributed by atoms with Crippen molar-refractivity contribution < 1.29 is 36.1 Å². The van der Waals surface area contributed by atoms with Crippen molar-refractivity contribution in [1.29, 1.82) is 0 Å². The Hall–Kier alpha value is -1.65. The Balaban J connectivity index is 3.73. The van der Waals surface area contributed by atoms with Crippen LogP contribution in [0.5, 0.6) is 5.75 Å². The first-order valence-electron chi connectivity index (χ1n) is 7.03. The lowest BCUT2D eigenvalue weighted by Crippen LogP contribution is -2.37. The molecule has 1 aromatic carbocycles. The first-order valence-corrected chi connectivity index (χ1v) is 8.33. The highest BCUT2D eigenvalue weighted by molar-refractivity contribution is 7.81. The number of carbonyl (C=O) groups excluding carboxylic acids is 1. The van der Waals surface area contributed by atoms with Crippen LogP contribution in [0.4, 0.5) is 3.89 Å². The Morgan fingerprint density at radius 2 is 1.58 bits per heavy atom.